The van der Waals surface area contributed by atoms with Crippen LogP contribution in [0.4, 0.5) is 0 Å². The molecular formula is C15H31N5O9. The minimum absolute atomic E-state index is 0.0213. The van der Waals surface area contributed by atoms with E-state index in [9.17, 15) is 24.0 Å². The average Bonchev–Trinajstić information content (AvgIpc) is 3.16. The topological polar surface area (TPSA) is 282 Å². The van der Waals surface area contributed by atoms with E-state index in [4.69, 9.17) is 37.6 Å². The van der Waals surface area contributed by atoms with Gasteiger partial charge in [0.05, 0.1) is 6.54 Å². The molecule has 3 atom stereocenters. The first-order valence-corrected chi connectivity index (χ1v) is 8.39. The molecule has 0 radical (unpaired) electrons. The predicted octanol–water partition coefficient (Wildman–Crippen LogP) is -3.07. The zero-order valence-electron chi connectivity index (χ0n) is 16.1. The number of amides is 1. The van der Waals surface area contributed by atoms with Crippen molar-refractivity contribution in [3.8, 4) is 0 Å². The second kappa shape index (κ2) is 18.5. The molecule has 14 heteroatoms. The molecule has 0 unspecified atom stereocenters. The summed E-state index contributed by atoms with van der Waals surface area (Å²) in [6, 6.07) is -1.98. The molecule has 1 fully saturated rings. The van der Waals surface area contributed by atoms with Crippen LogP contribution in [-0.2, 0) is 24.0 Å². The van der Waals surface area contributed by atoms with Gasteiger partial charge in [-0.1, -0.05) is 0 Å². The number of carboxylic acid groups (broad SMARTS) is 4. The van der Waals surface area contributed by atoms with E-state index in [-0.39, 0.29) is 25.4 Å². The Labute approximate surface area is 167 Å². The fourth-order valence-corrected chi connectivity index (χ4v) is 1.32. The lowest BCUT2D eigenvalue weighted by Crippen LogP contribution is -2.31. The van der Waals surface area contributed by atoms with Crippen LogP contribution in [-0.4, -0.2) is 81.4 Å². The third-order valence-corrected chi connectivity index (χ3v) is 2.94. The van der Waals surface area contributed by atoms with E-state index in [1.165, 1.54) is 6.92 Å². The zero-order chi connectivity index (χ0) is 23.6. The fraction of sp³-hybridized carbons (Fsp3) is 0.667. The lowest BCUT2D eigenvalue weighted by atomic mass is 10.2. The van der Waals surface area contributed by atoms with Crippen LogP contribution in [0.3, 0.4) is 0 Å². The molecule has 170 valence electrons. The highest BCUT2D eigenvalue weighted by molar-refractivity contribution is 5.77. The number of aliphatic carboxylic acids is 4. The Morgan fingerprint density at radius 2 is 1.48 bits per heavy atom. The number of hydrogen-bond donors (Lipinski definition) is 9. The van der Waals surface area contributed by atoms with E-state index in [2.05, 4.69) is 11.1 Å². The Bertz CT molecular complexity index is 522. The summed E-state index contributed by atoms with van der Waals surface area (Å²) in [6.45, 7) is 2.00. The molecule has 1 aliphatic rings. The quantitative estimate of drug-likeness (QED) is 0.196. The van der Waals surface area contributed by atoms with E-state index in [0.717, 1.165) is 19.4 Å². The Balaban J connectivity index is -0.000000322. The smallest absolute Gasteiger partial charge is 0.320 e. The summed E-state index contributed by atoms with van der Waals surface area (Å²) in [5, 5.41) is 34.9. The van der Waals surface area contributed by atoms with E-state index in [1.807, 2.05) is 0 Å². The van der Waals surface area contributed by atoms with Crippen molar-refractivity contribution < 1.29 is 44.4 Å². The highest BCUT2D eigenvalue weighted by Gasteiger charge is 2.20. The molecule has 0 saturated carbocycles. The molecule has 1 aliphatic heterocycles. The van der Waals surface area contributed by atoms with Gasteiger partial charge in [-0.25, -0.2) is 0 Å². The van der Waals surface area contributed by atoms with Gasteiger partial charge in [0.15, 0.2) is 0 Å². The van der Waals surface area contributed by atoms with Crippen molar-refractivity contribution in [1.82, 2.24) is 5.32 Å². The van der Waals surface area contributed by atoms with Crippen molar-refractivity contribution in [2.75, 3.05) is 13.1 Å². The van der Waals surface area contributed by atoms with Gasteiger partial charge in [-0.2, -0.15) is 0 Å². The molecule has 1 heterocycles. The molecule has 0 aromatic carbocycles. The number of carbonyl (C=O) groups is 5. The van der Waals surface area contributed by atoms with Gasteiger partial charge < -0.3 is 48.7 Å². The number of carbonyl (C=O) groups excluding carboxylic acids is 1. The van der Waals surface area contributed by atoms with Gasteiger partial charge in [0.2, 0.25) is 5.91 Å². The summed E-state index contributed by atoms with van der Waals surface area (Å²) in [5.41, 5.74) is 19.2. The fourth-order valence-electron chi connectivity index (χ4n) is 1.32. The standard InChI is InChI=1S/C5H10N2O3.C5H9NO2.C3H7NO2.C2H5NO2/c6-3(5(9)10)1-2-4(7)8;7-5(8)4-2-1-3-6-4;1-2(4)3(5)6;3-1-2(4)5/h3H,1-2,6H2,(H2,7,8)(H,9,10);4,6H,1-3H2,(H,7,8);2H,4H2,1H3,(H,5,6);1,3H2,(H,4,5)/t3-;4-;2-;/m000./s1. The molecule has 1 rings (SSSR count). The maximum atomic E-state index is 10.1. The van der Waals surface area contributed by atoms with Gasteiger partial charge in [-0.3, -0.25) is 24.0 Å². The van der Waals surface area contributed by atoms with Crippen molar-refractivity contribution in [3.63, 3.8) is 0 Å². The van der Waals surface area contributed by atoms with E-state index in [0.29, 0.717) is 0 Å². The van der Waals surface area contributed by atoms with Crippen LogP contribution in [0.2, 0.25) is 0 Å². The van der Waals surface area contributed by atoms with Crippen LogP contribution in [0.15, 0.2) is 0 Å². The van der Waals surface area contributed by atoms with Crippen molar-refractivity contribution >= 4 is 29.8 Å². The Hall–Kier alpha value is -2.81. The third-order valence-electron chi connectivity index (χ3n) is 2.94. The van der Waals surface area contributed by atoms with E-state index >= 15 is 0 Å². The van der Waals surface area contributed by atoms with E-state index < -0.39 is 41.9 Å². The molecule has 29 heavy (non-hydrogen) atoms. The average molecular weight is 425 g/mol. The highest BCUT2D eigenvalue weighted by Crippen LogP contribution is 2.03. The van der Waals surface area contributed by atoms with Crippen LogP contribution < -0.4 is 28.3 Å². The van der Waals surface area contributed by atoms with Gasteiger partial charge in [-0.05, 0) is 32.7 Å². The minimum Gasteiger partial charge on any atom is -0.480 e. The van der Waals surface area contributed by atoms with Crippen LogP contribution in [0.25, 0.3) is 0 Å². The largest absolute Gasteiger partial charge is 0.480 e. The molecule has 14 nitrogen and oxygen atoms in total. The summed E-state index contributed by atoms with van der Waals surface area (Å²) in [4.78, 5) is 49.1. The molecule has 0 aliphatic carbocycles. The Kier molecular flexibility index (Phi) is 19.8. The second-order valence-corrected chi connectivity index (χ2v) is 5.66. The molecule has 0 aromatic rings. The van der Waals surface area contributed by atoms with Crippen molar-refractivity contribution in [3.05, 3.63) is 0 Å². The van der Waals surface area contributed by atoms with Gasteiger partial charge in [0, 0.05) is 6.42 Å². The van der Waals surface area contributed by atoms with Gasteiger partial charge in [0.1, 0.15) is 18.1 Å². The SMILES string of the molecule is C[C@H](N)C(=O)O.NC(=O)CC[C@H](N)C(=O)O.NCC(=O)O.O=C(O)[C@@H]1CCCN1. The first-order valence-electron chi connectivity index (χ1n) is 8.39. The van der Waals surface area contributed by atoms with Gasteiger partial charge in [0.25, 0.3) is 0 Å². The molecule has 0 bridgehead atoms. The van der Waals surface area contributed by atoms with Gasteiger partial charge >= 0.3 is 23.9 Å². The van der Waals surface area contributed by atoms with Crippen LogP contribution in [0.5, 0.6) is 0 Å². The first-order chi connectivity index (χ1) is 13.3. The number of hydrogen-bond acceptors (Lipinski definition) is 9. The number of nitrogens with two attached hydrogens (primary N) is 4. The third kappa shape index (κ3) is 25.2. The summed E-state index contributed by atoms with van der Waals surface area (Å²) < 4.78 is 0. The van der Waals surface area contributed by atoms with Gasteiger partial charge in [-0.15, -0.1) is 0 Å². The lowest BCUT2D eigenvalue weighted by molar-refractivity contribution is -0.139. The normalized spacial score (nSPS) is 16.2. The molecule has 13 N–H and O–H groups in total. The summed E-state index contributed by atoms with van der Waals surface area (Å²) in [5.74, 6) is -4.29. The number of carboxylic acids is 4. The number of primary amides is 1. The maximum absolute atomic E-state index is 10.1. The second-order valence-electron chi connectivity index (χ2n) is 5.66. The number of rotatable bonds is 7. The van der Waals surface area contributed by atoms with E-state index in [1.54, 1.807) is 0 Å². The summed E-state index contributed by atoms with van der Waals surface area (Å²) in [7, 11) is 0. The minimum atomic E-state index is -1.11. The predicted molar refractivity (Wildman–Crippen MR) is 101 cm³/mol. The van der Waals surface area contributed by atoms with Crippen LogP contribution in [0.1, 0.15) is 32.6 Å². The Morgan fingerprint density at radius 3 is 1.66 bits per heavy atom. The summed E-state index contributed by atoms with van der Waals surface area (Å²) >= 11 is 0. The molecule has 0 spiro atoms. The highest BCUT2D eigenvalue weighted by atomic mass is 16.4. The van der Waals surface area contributed by atoms with Crippen LogP contribution >= 0.6 is 0 Å². The monoisotopic (exact) mass is 425 g/mol. The van der Waals surface area contributed by atoms with Crippen molar-refractivity contribution in [1.29, 1.82) is 0 Å². The van der Waals surface area contributed by atoms with Crippen LogP contribution in [0, 0.1) is 0 Å². The zero-order valence-corrected chi connectivity index (χ0v) is 16.1. The molecule has 1 amide bonds. The van der Waals surface area contributed by atoms with Crippen molar-refractivity contribution in [2.24, 2.45) is 22.9 Å². The summed E-state index contributed by atoms with van der Waals surface area (Å²) in [6.07, 6.45) is 1.91. The maximum Gasteiger partial charge on any atom is 0.320 e. The van der Waals surface area contributed by atoms with Crippen molar-refractivity contribution in [2.45, 2.75) is 50.7 Å². The molecule has 1 saturated heterocycles. The molecule has 0 aromatic heterocycles. The Morgan fingerprint density at radius 1 is 1.03 bits per heavy atom. The molecular weight excluding hydrogens is 394 g/mol. The lowest BCUT2D eigenvalue weighted by Gasteiger charge is -2.01. The first kappa shape index (κ1) is 30.9. The number of nitrogens with one attached hydrogen (secondary N) is 1.